The Labute approximate surface area is 118 Å². The van der Waals surface area contributed by atoms with Gasteiger partial charge < -0.3 is 20.4 Å². The number of nitrogens with zero attached hydrogens (tertiary/aromatic N) is 1. The van der Waals surface area contributed by atoms with Crippen molar-refractivity contribution < 1.29 is 9.53 Å². The zero-order valence-electron chi connectivity index (χ0n) is 12.5. The summed E-state index contributed by atoms with van der Waals surface area (Å²) in [5.74, 6) is -0.269. The summed E-state index contributed by atoms with van der Waals surface area (Å²) in [6.45, 7) is 6.56. The average molecular weight is 281 g/mol. The second kappa shape index (κ2) is 6.67. The molecular formula is C14H23N3O3. The molecule has 1 atom stereocenters. The molecule has 0 unspecified atom stereocenters. The van der Waals surface area contributed by atoms with Crippen LogP contribution in [0.15, 0.2) is 23.1 Å². The zero-order valence-corrected chi connectivity index (χ0v) is 12.5. The van der Waals surface area contributed by atoms with E-state index in [1.54, 1.807) is 19.4 Å². The van der Waals surface area contributed by atoms with E-state index in [-0.39, 0.29) is 16.9 Å². The Morgan fingerprint density at radius 3 is 2.65 bits per heavy atom. The Morgan fingerprint density at radius 2 is 2.10 bits per heavy atom. The Bertz CT molecular complexity index is 517. The lowest BCUT2D eigenvalue weighted by Crippen LogP contribution is -2.45. The van der Waals surface area contributed by atoms with Gasteiger partial charge in [-0.1, -0.05) is 20.8 Å². The van der Waals surface area contributed by atoms with Crippen LogP contribution in [0, 0.1) is 5.41 Å². The summed E-state index contributed by atoms with van der Waals surface area (Å²) in [7, 11) is 1.57. The molecule has 112 valence electrons. The van der Waals surface area contributed by atoms with Crippen LogP contribution >= 0.6 is 0 Å². The number of rotatable bonds is 5. The first-order valence-electron chi connectivity index (χ1n) is 6.51. The van der Waals surface area contributed by atoms with Gasteiger partial charge in [0.15, 0.2) is 0 Å². The molecule has 1 amide bonds. The third-order valence-electron chi connectivity index (χ3n) is 3.00. The van der Waals surface area contributed by atoms with Crippen LogP contribution in [0.3, 0.4) is 0 Å². The van der Waals surface area contributed by atoms with Crippen molar-refractivity contribution >= 4 is 11.6 Å². The van der Waals surface area contributed by atoms with Crippen LogP contribution in [0.25, 0.3) is 0 Å². The van der Waals surface area contributed by atoms with Crippen LogP contribution in [-0.2, 0) is 16.1 Å². The van der Waals surface area contributed by atoms with Gasteiger partial charge >= 0.3 is 0 Å². The van der Waals surface area contributed by atoms with E-state index >= 15 is 0 Å². The van der Waals surface area contributed by atoms with E-state index in [1.165, 1.54) is 10.6 Å². The third kappa shape index (κ3) is 4.47. The molecule has 1 aromatic rings. The Hall–Kier alpha value is -1.66. The lowest BCUT2D eigenvalue weighted by atomic mass is 9.87. The van der Waals surface area contributed by atoms with Gasteiger partial charge in [0.05, 0.1) is 18.3 Å². The summed E-state index contributed by atoms with van der Waals surface area (Å²) in [5.41, 5.74) is 5.97. The van der Waals surface area contributed by atoms with E-state index < -0.39 is 6.04 Å². The predicted octanol–water partition coefficient (Wildman–Crippen LogP) is 0.807. The van der Waals surface area contributed by atoms with Gasteiger partial charge in [0.25, 0.3) is 5.56 Å². The number of nitrogens with two attached hydrogens (primary N) is 1. The van der Waals surface area contributed by atoms with Crippen molar-refractivity contribution in [3.63, 3.8) is 0 Å². The quantitative estimate of drug-likeness (QED) is 0.836. The zero-order chi connectivity index (χ0) is 15.3. The highest BCUT2D eigenvalue weighted by Gasteiger charge is 2.27. The van der Waals surface area contributed by atoms with Crippen LogP contribution in [0.5, 0.6) is 0 Å². The molecule has 0 radical (unpaired) electrons. The summed E-state index contributed by atoms with van der Waals surface area (Å²) in [6.07, 6.45) is 1.59. The maximum atomic E-state index is 12.0. The van der Waals surface area contributed by atoms with Crippen LogP contribution in [-0.4, -0.2) is 30.2 Å². The first-order chi connectivity index (χ1) is 9.25. The maximum absolute atomic E-state index is 12.0. The second-order valence-corrected chi connectivity index (χ2v) is 5.78. The molecule has 0 aliphatic heterocycles. The Morgan fingerprint density at radius 1 is 1.45 bits per heavy atom. The number of amides is 1. The standard InChI is InChI=1S/C14H23N3O3/c1-14(2,3)12(15)13(19)16-10-5-6-11(18)17(9-10)7-8-20-4/h5-6,9,12H,7-8,15H2,1-4H3,(H,16,19)/t12-/m0/s1. The maximum Gasteiger partial charge on any atom is 0.250 e. The molecule has 0 saturated carbocycles. The normalized spacial score (nSPS) is 13.1. The van der Waals surface area contributed by atoms with Crippen LogP contribution in [0.2, 0.25) is 0 Å². The van der Waals surface area contributed by atoms with Crippen LogP contribution < -0.4 is 16.6 Å². The number of ether oxygens (including phenoxy) is 1. The fourth-order valence-corrected chi connectivity index (χ4v) is 1.58. The molecule has 0 spiro atoms. The molecule has 0 aliphatic rings. The van der Waals surface area contributed by atoms with Gasteiger partial charge in [-0.2, -0.15) is 0 Å². The summed E-state index contributed by atoms with van der Waals surface area (Å²) in [5, 5.41) is 2.73. The van der Waals surface area contributed by atoms with Crippen LogP contribution in [0.4, 0.5) is 5.69 Å². The van der Waals surface area contributed by atoms with E-state index in [0.29, 0.717) is 18.8 Å². The molecule has 0 fully saturated rings. The molecule has 0 saturated heterocycles. The summed E-state index contributed by atoms with van der Waals surface area (Å²) >= 11 is 0. The van der Waals surface area contributed by atoms with Crippen molar-refractivity contribution in [2.45, 2.75) is 33.4 Å². The minimum Gasteiger partial charge on any atom is -0.383 e. The smallest absolute Gasteiger partial charge is 0.250 e. The van der Waals surface area contributed by atoms with E-state index in [0.717, 1.165) is 0 Å². The fraction of sp³-hybridized carbons (Fsp3) is 0.571. The molecule has 0 aromatic carbocycles. The topological polar surface area (TPSA) is 86.3 Å². The molecule has 1 heterocycles. The van der Waals surface area contributed by atoms with E-state index in [4.69, 9.17) is 10.5 Å². The molecule has 0 bridgehead atoms. The monoisotopic (exact) mass is 281 g/mol. The van der Waals surface area contributed by atoms with E-state index in [9.17, 15) is 9.59 Å². The van der Waals surface area contributed by atoms with Gasteiger partial charge in [0.1, 0.15) is 0 Å². The lowest BCUT2D eigenvalue weighted by Gasteiger charge is -2.25. The molecule has 20 heavy (non-hydrogen) atoms. The molecular weight excluding hydrogens is 258 g/mol. The van der Waals surface area contributed by atoms with Gasteiger partial charge in [-0.15, -0.1) is 0 Å². The summed E-state index contributed by atoms with van der Waals surface area (Å²) in [4.78, 5) is 23.6. The molecule has 0 aliphatic carbocycles. The summed E-state index contributed by atoms with van der Waals surface area (Å²) in [6, 6.07) is 2.36. The summed E-state index contributed by atoms with van der Waals surface area (Å²) < 4.78 is 6.43. The van der Waals surface area contributed by atoms with Crippen molar-refractivity contribution in [2.75, 3.05) is 19.0 Å². The van der Waals surface area contributed by atoms with Gasteiger partial charge in [-0.05, 0) is 11.5 Å². The second-order valence-electron chi connectivity index (χ2n) is 5.78. The third-order valence-corrected chi connectivity index (χ3v) is 3.00. The van der Waals surface area contributed by atoms with Gasteiger partial charge in [0.2, 0.25) is 5.91 Å². The first-order valence-corrected chi connectivity index (χ1v) is 6.51. The van der Waals surface area contributed by atoms with E-state index in [1.807, 2.05) is 20.8 Å². The Balaban J connectivity index is 2.83. The highest BCUT2D eigenvalue weighted by molar-refractivity contribution is 5.95. The molecule has 1 aromatic heterocycles. The first kappa shape index (κ1) is 16.4. The van der Waals surface area contributed by atoms with Crippen molar-refractivity contribution in [1.29, 1.82) is 0 Å². The number of anilines is 1. The van der Waals surface area contributed by atoms with Crippen LogP contribution in [0.1, 0.15) is 20.8 Å². The molecule has 1 rings (SSSR count). The largest absolute Gasteiger partial charge is 0.383 e. The molecule has 6 nitrogen and oxygen atoms in total. The van der Waals surface area contributed by atoms with Crippen molar-refractivity contribution in [3.8, 4) is 0 Å². The van der Waals surface area contributed by atoms with Gasteiger partial charge in [0, 0.05) is 25.9 Å². The number of aromatic nitrogens is 1. The average Bonchev–Trinajstić information content (AvgIpc) is 2.37. The lowest BCUT2D eigenvalue weighted by molar-refractivity contribution is -0.119. The number of carbonyl (C=O) groups is 1. The van der Waals surface area contributed by atoms with E-state index in [2.05, 4.69) is 5.32 Å². The number of methoxy groups -OCH3 is 1. The Kier molecular flexibility index (Phi) is 5.47. The number of pyridine rings is 1. The highest BCUT2D eigenvalue weighted by atomic mass is 16.5. The van der Waals surface area contributed by atoms with Crippen molar-refractivity contribution in [3.05, 3.63) is 28.7 Å². The van der Waals surface area contributed by atoms with Gasteiger partial charge in [-0.3, -0.25) is 9.59 Å². The number of hydrogen-bond acceptors (Lipinski definition) is 4. The minimum atomic E-state index is -0.623. The number of nitrogens with one attached hydrogen (secondary N) is 1. The SMILES string of the molecule is COCCn1cc(NC(=O)[C@H](N)C(C)(C)C)ccc1=O. The van der Waals surface area contributed by atoms with Crippen molar-refractivity contribution in [2.24, 2.45) is 11.1 Å². The molecule has 6 heteroatoms. The minimum absolute atomic E-state index is 0.139. The predicted molar refractivity (Wildman–Crippen MR) is 78.6 cm³/mol. The van der Waals surface area contributed by atoms with Crippen molar-refractivity contribution in [1.82, 2.24) is 4.57 Å². The number of hydrogen-bond donors (Lipinski definition) is 2. The fourth-order valence-electron chi connectivity index (χ4n) is 1.58. The number of carbonyl (C=O) groups excluding carboxylic acids is 1. The molecule has 3 N–H and O–H groups in total. The highest BCUT2D eigenvalue weighted by Crippen LogP contribution is 2.18. The van der Waals surface area contributed by atoms with Gasteiger partial charge in [-0.25, -0.2) is 0 Å².